The Labute approximate surface area is 134 Å². The Bertz CT molecular complexity index is 716. The van der Waals surface area contributed by atoms with Crippen LogP contribution in [0.3, 0.4) is 0 Å². The third-order valence-corrected chi connectivity index (χ3v) is 7.16. The van der Waals surface area contributed by atoms with E-state index in [2.05, 4.69) is 10.0 Å². The van der Waals surface area contributed by atoms with Crippen LogP contribution in [0.15, 0.2) is 21.7 Å². The van der Waals surface area contributed by atoms with Crippen LogP contribution in [0, 0.1) is 13.8 Å². The summed E-state index contributed by atoms with van der Waals surface area (Å²) in [5, 5.41) is 4.89. The third-order valence-electron chi connectivity index (χ3n) is 3.15. The average Bonchev–Trinajstić information content (AvgIpc) is 2.96. The van der Waals surface area contributed by atoms with Gasteiger partial charge >= 0.3 is 0 Å². The lowest BCUT2D eigenvalue weighted by molar-refractivity contribution is 0.569. The van der Waals surface area contributed by atoms with Gasteiger partial charge in [0.1, 0.15) is 4.21 Å². The van der Waals surface area contributed by atoms with E-state index in [4.69, 9.17) is 0 Å². The largest absolute Gasteiger partial charge is 0.316 e. The number of thiophene rings is 2. The molecular weight excluding hydrogens is 324 g/mol. The van der Waals surface area contributed by atoms with E-state index in [-0.39, 0.29) is 6.04 Å². The van der Waals surface area contributed by atoms with Gasteiger partial charge in [-0.1, -0.05) is 0 Å². The molecule has 0 bridgehead atoms. The summed E-state index contributed by atoms with van der Waals surface area (Å²) in [5.41, 5.74) is 2.03. The van der Waals surface area contributed by atoms with Crippen molar-refractivity contribution in [3.63, 3.8) is 0 Å². The summed E-state index contributed by atoms with van der Waals surface area (Å²) in [4.78, 5) is 2.35. The molecule has 1 unspecified atom stereocenters. The van der Waals surface area contributed by atoms with E-state index < -0.39 is 10.0 Å². The molecule has 0 fully saturated rings. The first-order valence-corrected chi connectivity index (χ1v) is 9.82. The predicted octanol–water partition coefficient (Wildman–Crippen LogP) is 3.19. The predicted molar refractivity (Wildman–Crippen MR) is 89.6 cm³/mol. The van der Waals surface area contributed by atoms with Gasteiger partial charge in [-0.25, -0.2) is 13.1 Å². The number of rotatable bonds is 6. The highest BCUT2D eigenvalue weighted by molar-refractivity contribution is 7.91. The van der Waals surface area contributed by atoms with Crippen LogP contribution in [-0.2, 0) is 16.6 Å². The molecule has 2 aromatic rings. The van der Waals surface area contributed by atoms with Crippen molar-refractivity contribution in [3.05, 3.63) is 38.4 Å². The molecule has 1 atom stereocenters. The van der Waals surface area contributed by atoms with Gasteiger partial charge in [-0.3, -0.25) is 0 Å². The lowest BCUT2D eigenvalue weighted by Gasteiger charge is -2.13. The van der Waals surface area contributed by atoms with Crippen molar-refractivity contribution in [1.82, 2.24) is 10.0 Å². The summed E-state index contributed by atoms with van der Waals surface area (Å²) in [6, 6.07) is 3.55. The maximum atomic E-state index is 12.4. The van der Waals surface area contributed by atoms with Gasteiger partial charge in [0.2, 0.25) is 0 Å². The summed E-state index contributed by atoms with van der Waals surface area (Å²) in [6.45, 7) is 6.61. The monoisotopic (exact) mass is 344 g/mol. The molecule has 0 saturated carbocycles. The highest BCUT2D eigenvalue weighted by Gasteiger charge is 2.22. The van der Waals surface area contributed by atoms with Crippen LogP contribution in [0.5, 0.6) is 0 Å². The topological polar surface area (TPSA) is 58.2 Å². The molecule has 0 aliphatic carbocycles. The highest BCUT2D eigenvalue weighted by Crippen LogP contribution is 2.28. The summed E-state index contributed by atoms with van der Waals surface area (Å²) < 4.78 is 28.0. The van der Waals surface area contributed by atoms with Gasteiger partial charge in [0.15, 0.2) is 0 Å². The first kappa shape index (κ1) is 16.6. The molecule has 0 aliphatic heterocycles. The van der Waals surface area contributed by atoms with Crippen LogP contribution in [0.25, 0.3) is 0 Å². The molecule has 0 saturated heterocycles. The molecule has 7 heteroatoms. The van der Waals surface area contributed by atoms with Crippen molar-refractivity contribution >= 4 is 32.7 Å². The Hall–Kier alpha value is -0.730. The number of aryl methyl sites for hydroxylation is 2. The van der Waals surface area contributed by atoms with Crippen LogP contribution in [-0.4, -0.2) is 15.5 Å². The summed E-state index contributed by atoms with van der Waals surface area (Å²) in [6.07, 6.45) is 0. The molecule has 116 valence electrons. The van der Waals surface area contributed by atoms with E-state index in [0.29, 0.717) is 10.8 Å². The van der Waals surface area contributed by atoms with E-state index >= 15 is 0 Å². The van der Waals surface area contributed by atoms with Crippen LogP contribution in [0.4, 0.5) is 0 Å². The van der Waals surface area contributed by atoms with Crippen molar-refractivity contribution in [1.29, 1.82) is 0 Å². The van der Waals surface area contributed by atoms with Crippen LogP contribution >= 0.6 is 22.7 Å². The molecule has 2 heterocycles. The third kappa shape index (κ3) is 3.92. The van der Waals surface area contributed by atoms with Crippen molar-refractivity contribution in [3.8, 4) is 0 Å². The lowest BCUT2D eigenvalue weighted by atomic mass is 10.1. The maximum absolute atomic E-state index is 12.4. The first-order valence-electron chi connectivity index (χ1n) is 6.64. The molecule has 2 rings (SSSR count). The number of nitrogens with one attached hydrogen (secondary N) is 2. The van der Waals surface area contributed by atoms with E-state index in [1.54, 1.807) is 17.4 Å². The van der Waals surface area contributed by atoms with E-state index in [9.17, 15) is 8.42 Å². The lowest BCUT2D eigenvalue weighted by Crippen LogP contribution is -2.26. The Balaban J connectivity index is 2.18. The van der Waals surface area contributed by atoms with Crippen molar-refractivity contribution in [2.45, 2.75) is 37.6 Å². The van der Waals surface area contributed by atoms with Gasteiger partial charge in [-0.15, -0.1) is 22.7 Å². The maximum Gasteiger partial charge on any atom is 0.250 e. The Morgan fingerprint density at radius 3 is 2.57 bits per heavy atom. The fourth-order valence-corrected chi connectivity index (χ4v) is 5.70. The van der Waals surface area contributed by atoms with Gasteiger partial charge < -0.3 is 5.32 Å². The number of hydrogen-bond donors (Lipinski definition) is 2. The minimum atomic E-state index is -3.47. The van der Waals surface area contributed by atoms with Crippen LogP contribution in [0.2, 0.25) is 0 Å². The standard InChI is InChI=1S/C14H20N2O2S3/c1-9-5-13(11(3)20-9)10(2)16-21(17,18)14-6-12(7-15-4)8-19-14/h5-6,8,10,15-16H,7H2,1-4H3. The second-order valence-electron chi connectivity index (χ2n) is 5.02. The van der Waals surface area contributed by atoms with Gasteiger partial charge in [-0.2, -0.15) is 0 Å². The van der Waals surface area contributed by atoms with Gasteiger partial charge in [0, 0.05) is 22.3 Å². The fraction of sp³-hybridized carbons (Fsp3) is 0.429. The van der Waals surface area contributed by atoms with E-state index in [1.807, 2.05) is 39.3 Å². The molecular formula is C14H20N2O2S3. The number of sulfonamides is 1. The second kappa shape index (κ2) is 6.58. The quantitative estimate of drug-likeness (QED) is 0.846. The average molecular weight is 345 g/mol. The van der Waals surface area contributed by atoms with Gasteiger partial charge in [0.25, 0.3) is 10.0 Å². The van der Waals surface area contributed by atoms with Crippen molar-refractivity contribution in [2.75, 3.05) is 7.05 Å². The van der Waals surface area contributed by atoms with E-state index in [1.165, 1.54) is 16.2 Å². The van der Waals surface area contributed by atoms with Gasteiger partial charge in [-0.05, 0) is 56.5 Å². The Kier molecular flexibility index (Phi) is 5.21. The summed E-state index contributed by atoms with van der Waals surface area (Å²) in [7, 11) is -1.63. The molecule has 0 spiro atoms. The SMILES string of the molecule is CNCc1csc(S(=O)(=O)NC(C)c2cc(C)sc2C)c1. The molecule has 2 N–H and O–H groups in total. The summed E-state index contributed by atoms with van der Waals surface area (Å²) in [5.74, 6) is 0. The zero-order valence-corrected chi connectivity index (χ0v) is 15.0. The van der Waals surface area contributed by atoms with Crippen LogP contribution in [0.1, 0.15) is 33.8 Å². The molecule has 0 radical (unpaired) electrons. The minimum absolute atomic E-state index is 0.227. The smallest absolute Gasteiger partial charge is 0.250 e. The first-order chi connectivity index (χ1) is 9.83. The molecule has 2 aromatic heterocycles. The Morgan fingerprint density at radius 1 is 1.29 bits per heavy atom. The molecule has 4 nitrogen and oxygen atoms in total. The Morgan fingerprint density at radius 2 is 2.00 bits per heavy atom. The molecule has 0 aliphatic rings. The van der Waals surface area contributed by atoms with Crippen molar-refractivity contribution < 1.29 is 8.42 Å². The molecule has 21 heavy (non-hydrogen) atoms. The zero-order chi connectivity index (χ0) is 15.6. The fourth-order valence-electron chi connectivity index (χ4n) is 2.23. The normalized spacial score (nSPS) is 13.5. The van der Waals surface area contributed by atoms with E-state index in [0.717, 1.165) is 16.0 Å². The second-order valence-corrected chi connectivity index (χ2v) is 9.33. The van der Waals surface area contributed by atoms with Crippen molar-refractivity contribution in [2.24, 2.45) is 0 Å². The molecule has 0 amide bonds. The summed E-state index contributed by atoms with van der Waals surface area (Å²) >= 11 is 2.94. The highest BCUT2D eigenvalue weighted by atomic mass is 32.2. The van der Waals surface area contributed by atoms with Crippen LogP contribution < -0.4 is 10.0 Å². The number of hydrogen-bond acceptors (Lipinski definition) is 5. The zero-order valence-electron chi connectivity index (χ0n) is 12.6. The van der Waals surface area contributed by atoms with Gasteiger partial charge in [0.05, 0.1) is 0 Å². The molecule has 0 aromatic carbocycles. The minimum Gasteiger partial charge on any atom is -0.316 e.